The summed E-state index contributed by atoms with van der Waals surface area (Å²) in [5.41, 5.74) is 2.17. The lowest BCUT2D eigenvalue weighted by atomic mass is 10.0. The van der Waals surface area contributed by atoms with E-state index in [1.165, 1.54) is 4.90 Å². The molecule has 0 aliphatic rings. The van der Waals surface area contributed by atoms with Gasteiger partial charge in [-0.3, -0.25) is 14.4 Å². The molecular weight excluding hydrogens is 290 g/mol. The Morgan fingerprint density at radius 2 is 1.61 bits per heavy atom. The summed E-state index contributed by atoms with van der Waals surface area (Å²) >= 11 is 0. The number of benzene rings is 2. The Bertz CT molecular complexity index is 737. The SMILES string of the molecule is CCC(=O)c1ccccc1CN(C)C(=O)c1ccccc1C=O. The molecule has 1 amide bonds. The van der Waals surface area contributed by atoms with Gasteiger partial charge in [0, 0.05) is 31.1 Å². The minimum atomic E-state index is -0.244. The number of carbonyl (C=O) groups is 3. The molecule has 0 bridgehead atoms. The van der Waals surface area contributed by atoms with Crippen LogP contribution >= 0.6 is 0 Å². The van der Waals surface area contributed by atoms with E-state index in [4.69, 9.17) is 0 Å². The maximum atomic E-state index is 12.6. The molecule has 0 aromatic heterocycles. The molecule has 0 unspecified atom stereocenters. The fourth-order valence-corrected chi connectivity index (χ4v) is 2.45. The molecule has 0 atom stereocenters. The zero-order valence-electron chi connectivity index (χ0n) is 13.3. The van der Waals surface area contributed by atoms with Crippen molar-refractivity contribution < 1.29 is 14.4 Å². The highest BCUT2D eigenvalue weighted by molar-refractivity contribution is 6.01. The van der Waals surface area contributed by atoms with Crippen LogP contribution in [0.4, 0.5) is 0 Å². The molecule has 2 aromatic carbocycles. The van der Waals surface area contributed by atoms with E-state index in [1.807, 2.05) is 25.1 Å². The molecular formula is C19H19NO3. The lowest BCUT2D eigenvalue weighted by Gasteiger charge is -2.19. The van der Waals surface area contributed by atoms with Crippen LogP contribution in [0.3, 0.4) is 0 Å². The van der Waals surface area contributed by atoms with Crippen molar-refractivity contribution in [2.75, 3.05) is 7.05 Å². The summed E-state index contributed by atoms with van der Waals surface area (Å²) in [6.07, 6.45) is 1.10. The van der Waals surface area contributed by atoms with Gasteiger partial charge in [-0.15, -0.1) is 0 Å². The number of Topliss-reactive ketones (excluding diaryl/α,β-unsaturated/α-hetero) is 1. The third-order valence-corrected chi connectivity index (χ3v) is 3.71. The van der Waals surface area contributed by atoms with Gasteiger partial charge in [0.25, 0.3) is 5.91 Å². The zero-order chi connectivity index (χ0) is 16.8. The number of hydrogen-bond donors (Lipinski definition) is 0. The molecule has 2 aromatic rings. The van der Waals surface area contributed by atoms with Crippen LogP contribution in [0.15, 0.2) is 48.5 Å². The van der Waals surface area contributed by atoms with Crippen LogP contribution in [0.25, 0.3) is 0 Å². The highest BCUT2D eigenvalue weighted by atomic mass is 16.2. The first-order valence-electron chi connectivity index (χ1n) is 7.49. The standard InChI is InChI=1S/C19H19NO3/c1-3-18(22)16-10-6-4-8-14(16)12-20(2)19(23)17-11-7-5-9-15(17)13-21/h4-11,13H,3,12H2,1-2H3. The molecule has 4 nitrogen and oxygen atoms in total. The molecule has 0 N–H and O–H groups in total. The van der Waals surface area contributed by atoms with Crippen LogP contribution in [0, 0.1) is 0 Å². The summed E-state index contributed by atoms with van der Waals surface area (Å²) in [6.45, 7) is 2.13. The summed E-state index contributed by atoms with van der Waals surface area (Å²) in [6, 6.07) is 14.0. The molecule has 23 heavy (non-hydrogen) atoms. The van der Waals surface area contributed by atoms with Crippen molar-refractivity contribution in [2.24, 2.45) is 0 Å². The van der Waals surface area contributed by atoms with Gasteiger partial charge < -0.3 is 4.90 Å². The summed E-state index contributed by atoms with van der Waals surface area (Å²) in [5.74, 6) is -0.193. The second kappa shape index (κ2) is 7.49. The summed E-state index contributed by atoms with van der Waals surface area (Å²) in [4.78, 5) is 37.2. The van der Waals surface area contributed by atoms with Crippen LogP contribution in [0.5, 0.6) is 0 Å². The van der Waals surface area contributed by atoms with E-state index in [2.05, 4.69) is 0 Å². The van der Waals surface area contributed by atoms with E-state index in [-0.39, 0.29) is 11.7 Å². The van der Waals surface area contributed by atoms with Gasteiger partial charge in [-0.1, -0.05) is 49.4 Å². The van der Waals surface area contributed by atoms with Gasteiger partial charge in [0.2, 0.25) is 0 Å². The number of rotatable bonds is 6. The Hall–Kier alpha value is -2.75. The zero-order valence-corrected chi connectivity index (χ0v) is 13.3. The summed E-state index contributed by atoms with van der Waals surface area (Å²) < 4.78 is 0. The van der Waals surface area contributed by atoms with Gasteiger partial charge in [0.05, 0.1) is 5.56 Å². The smallest absolute Gasteiger partial charge is 0.254 e. The van der Waals surface area contributed by atoms with Crippen LogP contribution in [-0.2, 0) is 6.54 Å². The molecule has 2 rings (SSSR count). The van der Waals surface area contributed by atoms with Crippen molar-refractivity contribution in [3.8, 4) is 0 Å². The fraction of sp³-hybridized carbons (Fsp3) is 0.211. The normalized spacial score (nSPS) is 10.2. The Labute approximate surface area is 135 Å². The quantitative estimate of drug-likeness (QED) is 0.607. The number of carbonyl (C=O) groups excluding carboxylic acids is 3. The van der Waals surface area contributed by atoms with Gasteiger partial charge >= 0.3 is 0 Å². The largest absolute Gasteiger partial charge is 0.337 e. The van der Waals surface area contributed by atoms with Crippen molar-refractivity contribution in [2.45, 2.75) is 19.9 Å². The number of aldehydes is 1. The summed E-state index contributed by atoms with van der Waals surface area (Å²) in [5, 5.41) is 0. The summed E-state index contributed by atoms with van der Waals surface area (Å²) in [7, 11) is 1.66. The molecule has 0 radical (unpaired) electrons. The molecule has 0 fully saturated rings. The van der Waals surface area contributed by atoms with E-state index in [0.29, 0.717) is 35.9 Å². The van der Waals surface area contributed by atoms with Gasteiger partial charge in [-0.25, -0.2) is 0 Å². The Morgan fingerprint density at radius 1 is 1.00 bits per heavy atom. The third kappa shape index (κ3) is 3.72. The fourth-order valence-electron chi connectivity index (χ4n) is 2.45. The van der Waals surface area contributed by atoms with Crippen LogP contribution in [0.2, 0.25) is 0 Å². The van der Waals surface area contributed by atoms with E-state index in [1.54, 1.807) is 37.4 Å². The lowest BCUT2D eigenvalue weighted by Crippen LogP contribution is -2.28. The maximum absolute atomic E-state index is 12.6. The van der Waals surface area contributed by atoms with Crippen LogP contribution in [-0.4, -0.2) is 29.9 Å². The second-order valence-corrected chi connectivity index (χ2v) is 5.30. The highest BCUT2D eigenvalue weighted by Crippen LogP contribution is 2.16. The van der Waals surface area contributed by atoms with Gasteiger partial charge in [-0.05, 0) is 11.6 Å². The minimum absolute atomic E-state index is 0.0507. The second-order valence-electron chi connectivity index (χ2n) is 5.30. The lowest BCUT2D eigenvalue weighted by molar-refractivity contribution is 0.0780. The third-order valence-electron chi connectivity index (χ3n) is 3.71. The van der Waals surface area contributed by atoms with Gasteiger partial charge in [0.15, 0.2) is 12.1 Å². The Morgan fingerprint density at radius 3 is 2.26 bits per heavy atom. The predicted octanol–water partition coefficient (Wildman–Crippen LogP) is 3.36. The predicted molar refractivity (Wildman–Crippen MR) is 88.7 cm³/mol. The van der Waals surface area contributed by atoms with E-state index in [9.17, 15) is 14.4 Å². The molecule has 0 heterocycles. The minimum Gasteiger partial charge on any atom is -0.337 e. The van der Waals surface area contributed by atoms with Crippen molar-refractivity contribution in [1.29, 1.82) is 0 Å². The highest BCUT2D eigenvalue weighted by Gasteiger charge is 2.17. The molecule has 4 heteroatoms. The molecule has 118 valence electrons. The number of ketones is 1. The van der Waals surface area contributed by atoms with Crippen molar-refractivity contribution >= 4 is 18.0 Å². The number of hydrogen-bond acceptors (Lipinski definition) is 3. The molecule has 0 saturated carbocycles. The van der Waals surface area contributed by atoms with Crippen LogP contribution in [0.1, 0.15) is 50.0 Å². The molecule has 0 saturated heterocycles. The Balaban J connectivity index is 2.26. The van der Waals surface area contributed by atoms with E-state index >= 15 is 0 Å². The van der Waals surface area contributed by atoms with Crippen LogP contribution < -0.4 is 0 Å². The van der Waals surface area contributed by atoms with E-state index in [0.717, 1.165) is 5.56 Å². The van der Waals surface area contributed by atoms with Crippen molar-refractivity contribution in [3.63, 3.8) is 0 Å². The van der Waals surface area contributed by atoms with Gasteiger partial charge in [-0.2, -0.15) is 0 Å². The average molecular weight is 309 g/mol. The number of nitrogens with zero attached hydrogens (tertiary/aromatic N) is 1. The molecule has 0 aliphatic carbocycles. The first kappa shape index (κ1) is 16.6. The Kier molecular flexibility index (Phi) is 5.41. The van der Waals surface area contributed by atoms with E-state index < -0.39 is 0 Å². The first-order chi connectivity index (χ1) is 11.1. The molecule has 0 aliphatic heterocycles. The van der Waals surface area contributed by atoms with Crippen molar-refractivity contribution in [1.82, 2.24) is 4.90 Å². The van der Waals surface area contributed by atoms with Gasteiger partial charge in [0.1, 0.15) is 0 Å². The number of amides is 1. The van der Waals surface area contributed by atoms with Crippen molar-refractivity contribution in [3.05, 3.63) is 70.8 Å². The average Bonchev–Trinajstić information content (AvgIpc) is 2.60. The topological polar surface area (TPSA) is 54.5 Å². The molecule has 0 spiro atoms. The maximum Gasteiger partial charge on any atom is 0.254 e. The monoisotopic (exact) mass is 309 g/mol. The first-order valence-corrected chi connectivity index (χ1v) is 7.49.